The second kappa shape index (κ2) is 11.1. The van der Waals surface area contributed by atoms with Gasteiger partial charge in [-0.15, -0.1) is 0 Å². The summed E-state index contributed by atoms with van der Waals surface area (Å²) in [6, 6.07) is 60.8. The van der Waals surface area contributed by atoms with E-state index in [1.807, 2.05) is 12.1 Å². The maximum atomic E-state index is 5.21. The highest BCUT2D eigenvalue weighted by molar-refractivity contribution is 6.15. The van der Waals surface area contributed by atoms with Crippen LogP contribution in [0.2, 0.25) is 0 Å². The van der Waals surface area contributed by atoms with Crippen molar-refractivity contribution in [3.05, 3.63) is 181 Å². The molecule has 4 nitrogen and oxygen atoms in total. The maximum absolute atomic E-state index is 5.21. The molecule has 53 heavy (non-hydrogen) atoms. The summed E-state index contributed by atoms with van der Waals surface area (Å²) in [7, 11) is 0. The number of nitrogens with zero attached hydrogens (tertiary/aromatic N) is 4. The Balaban J connectivity index is 1.18. The van der Waals surface area contributed by atoms with Gasteiger partial charge >= 0.3 is 0 Å². The van der Waals surface area contributed by atoms with E-state index in [1.54, 1.807) is 0 Å². The number of hydrogen-bond donors (Lipinski definition) is 0. The Morgan fingerprint density at radius 1 is 0.453 bits per heavy atom. The molecule has 3 heterocycles. The predicted molar refractivity (Wildman–Crippen MR) is 219 cm³/mol. The van der Waals surface area contributed by atoms with Gasteiger partial charge in [0, 0.05) is 55.0 Å². The molecular weight excluding hydrogens is 645 g/mol. The number of benzene rings is 7. The third kappa shape index (κ3) is 4.30. The van der Waals surface area contributed by atoms with E-state index in [2.05, 4.69) is 181 Å². The van der Waals surface area contributed by atoms with Crippen molar-refractivity contribution in [3.63, 3.8) is 0 Å². The molecule has 0 aliphatic heterocycles. The van der Waals surface area contributed by atoms with Gasteiger partial charge < -0.3 is 9.13 Å². The van der Waals surface area contributed by atoms with Gasteiger partial charge in [-0.05, 0) is 59.7 Å². The minimum Gasteiger partial charge on any atom is -0.309 e. The quantitative estimate of drug-likeness (QED) is 0.186. The number of rotatable bonds is 4. The molecule has 250 valence electrons. The van der Waals surface area contributed by atoms with Crippen molar-refractivity contribution in [1.82, 2.24) is 19.1 Å². The highest BCUT2D eigenvalue weighted by Gasteiger charge is 2.40. The number of para-hydroxylation sites is 3. The van der Waals surface area contributed by atoms with Crippen LogP contribution in [-0.2, 0) is 5.41 Å². The van der Waals surface area contributed by atoms with Gasteiger partial charge in [-0.25, -0.2) is 9.97 Å². The monoisotopic (exact) mass is 678 g/mol. The normalized spacial score (nSPS) is 13.2. The fourth-order valence-corrected chi connectivity index (χ4v) is 8.94. The average molecular weight is 679 g/mol. The number of fused-ring (bicyclic) bond motifs is 9. The van der Waals surface area contributed by atoms with E-state index < -0.39 is 0 Å². The van der Waals surface area contributed by atoms with Gasteiger partial charge in [0.25, 0.3) is 0 Å². The largest absolute Gasteiger partial charge is 0.309 e. The Bertz CT molecular complexity index is 3080. The SMILES string of the molecule is CC1(C)c2ccccc2-c2c1c1cc3c(cc1n2-c1ccccc1)c1ccccc1n3-c1cccc(-c2nc(-c3ccccc3)c3ccccc3n2)c1. The Kier molecular flexibility index (Phi) is 6.27. The van der Waals surface area contributed by atoms with E-state index in [0.29, 0.717) is 5.82 Å². The van der Waals surface area contributed by atoms with Gasteiger partial charge in [-0.3, -0.25) is 0 Å². The molecule has 0 fully saturated rings. The Morgan fingerprint density at radius 3 is 1.94 bits per heavy atom. The van der Waals surface area contributed by atoms with Crippen LogP contribution in [0.15, 0.2) is 170 Å². The zero-order valence-electron chi connectivity index (χ0n) is 29.5. The molecule has 0 N–H and O–H groups in total. The predicted octanol–water partition coefficient (Wildman–Crippen LogP) is 12.3. The Morgan fingerprint density at radius 2 is 1.09 bits per heavy atom. The highest BCUT2D eigenvalue weighted by atomic mass is 15.0. The molecule has 0 spiro atoms. The van der Waals surface area contributed by atoms with Gasteiger partial charge in [0.2, 0.25) is 0 Å². The molecule has 10 aromatic rings. The molecule has 0 amide bonds. The van der Waals surface area contributed by atoms with Crippen molar-refractivity contribution in [2.24, 2.45) is 0 Å². The third-order valence-corrected chi connectivity index (χ3v) is 11.3. The smallest absolute Gasteiger partial charge is 0.160 e. The van der Waals surface area contributed by atoms with Gasteiger partial charge in [-0.1, -0.05) is 135 Å². The van der Waals surface area contributed by atoms with Crippen molar-refractivity contribution in [3.8, 4) is 45.3 Å². The van der Waals surface area contributed by atoms with E-state index in [0.717, 1.165) is 33.4 Å². The van der Waals surface area contributed by atoms with Crippen molar-refractivity contribution < 1.29 is 0 Å². The summed E-state index contributed by atoms with van der Waals surface area (Å²) in [4.78, 5) is 10.3. The van der Waals surface area contributed by atoms with E-state index >= 15 is 0 Å². The molecule has 1 aliphatic carbocycles. The van der Waals surface area contributed by atoms with E-state index in [1.165, 1.54) is 60.8 Å². The number of hydrogen-bond acceptors (Lipinski definition) is 2. The molecular formula is C49H34N4. The minimum absolute atomic E-state index is 0.168. The summed E-state index contributed by atoms with van der Waals surface area (Å²) in [5.41, 5.74) is 14.9. The fraction of sp³-hybridized carbons (Fsp3) is 0.0612. The molecule has 1 aliphatic rings. The van der Waals surface area contributed by atoms with Crippen LogP contribution in [0.25, 0.3) is 88.9 Å². The lowest BCUT2D eigenvalue weighted by molar-refractivity contribution is 0.666. The standard InChI is InChI=1S/C49H34N4/c1-49(2)40-25-12-9-23-36(40)47-45(49)39-30-43-38(29-44(39)53(47)33-19-7-4-8-20-33)35-22-11-14-27-42(35)52(43)34-21-15-18-32(28-34)48-50-41-26-13-10-24-37(41)46(51-48)31-16-5-3-6-17-31/h3-30H,1-2H3. The summed E-state index contributed by atoms with van der Waals surface area (Å²) in [6.07, 6.45) is 0. The Hall–Kier alpha value is -6.78. The molecule has 3 aromatic heterocycles. The first-order valence-corrected chi connectivity index (χ1v) is 18.3. The lowest BCUT2D eigenvalue weighted by Gasteiger charge is -2.21. The van der Waals surface area contributed by atoms with Gasteiger partial charge in [0.15, 0.2) is 5.82 Å². The first kappa shape index (κ1) is 29.9. The second-order valence-corrected chi connectivity index (χ2v) is 14.6. The molecule has 0 saturated heterocycles. The molecule has 0 unspecified atom stereocenters. The van der Waals surface area contributed by atoms with Crippen molar-refractivity contribution >= 4 is 43.6 Å². The lowest BCUT2D eigenvalue weighted by Crippen LogP contribution is -2.14. The van der Waals surface area contributed by atoms with Crippen LogP contribution in [0, 0.1) is 0 Å². The van der Waals surface area contributed by atoms with Crippen LogP contribution in [0.4, 0.5) is 0 Å². The van der Waals surface area contributed by atoms with Crippen LogP contribution in [0.1, 0.15) is 25.0 Å². The highest BCUT2D eigenvalue weighted by Crippen LogP contribution is 2.54. The van der Waals surface area contributed by atoms with E-state index in [-0.39, 0.29) is 5.41 Å². The van der Waals surface area contributed by atoms with Gasteiger partial charge in [-0.2, -0.15) is 0 Å². The second-order valence-electron chi connectivity index (χ2n) is 14.6. The van der Waals surface area contributed by atoms with Gasteiger partial charge in [0.05, 0.1) is 33.5 Å². The minimum atomic E-state index is -0.168. The maximum Gasteiger partial charge on any atom is 0.160 e. The zero-order valence-corrected chi connectivity index (χ0v) is 29.5. The topological polar surface area (TPSA) is 35.6 Å². The van der Waals surface area contributed by atoms with Crippen molar-refractivity contribution in [2.75, 3.05) is 0 Å². The summed E-state index contributed by atoms with van der Waals surface area (Å²) in [5, 5.41) is 4.78. The van der Waals surface area contributed by atoms with Crippen molar-refractivity contribution in [2.45, 2.75) is 19.3 Å². The van der Waals surface area contributed by atoms with E-state index in [4.69, 9.17) is 9.97 Å². The first-order chi connectivity index (χ1) is 26.1. The van der Waals surface area contributed by atoms with Crippen molar-refractivity contribution in [1.29, 1.82) is 0 Å². The average Bonchev–Trinajstić information content (AvgIpc) is 3.81. The molecule has 4 heteroatoms. The summed E-state index contributed by atoms with van der Waals surface area (Å²) >= 11 is 0. The Labute approximate surface area is 307 Å². The molecule has 11 rings (SSSR count). The first-order valence-electron chi connectivity index (χ1n) is 18.3. The molecule has 0 radical (unpaired) electrons. The van der Waals surface area contributed by atoms with Crippen LogP contribution in [-0.4, -0.2) is 19.1 Å². The summed E-state index contributed by atoms with van der Waals surface area (Å²) in [5.74, 6) is 0.713. The molecule has 0 saturated carbocycles. The molecule has 0 bridgehead atoms. The van der Waals surface area contributed by atoms with Crippen LogP contribution >= 0.6 is 0 Å². The zero-order chi connectivity index (χ0) is 35.3. The van der Waals surface area contributed by atoms with Crippen LogP contribution < -0.4 is 0 Å². The third-order valence-electron chi connectivity index (χ3n) is 11.3. The van der Waals surface area contributed by atoms with E-state index in [9.17, 15) is 0 Å². The van der Waals surface area contributed by atoms with Crippen LogP contribution in [0.3, 0.4) is 0 Å². The molecule has 0 atom stereocenters. The summed E-state index contributed by atoms with van der Waals surface area (Å²) < 4.78 is 4.92. The number of aromatic nitrogens is 4. The van der Waals surface area contributed by atoms with Crippen LogP contribution in [0.5, 0.6) is 0 Å². The lowest BCUT2D eigenvalue weighted by atomic mass is 9.81. The fourth-order valence-electron chi connectivity index (χ4n) is 8.94. The van der Waals surface area contributed by atoms with Gasteiger partial charge in [0.1, 0.15) is 0 Å². The summed E-state index contributed by atoms with van der Waals surface area (Å²) in [6.45, 7) is 4.76. The molecule has 7 aromatic carbocycles.